The first-order chi connectivity index (χ1) is 9.18. The summed E-state index contributed by atoms with van der Waals surface area (Å²) in [7, 11) is 0. The van der Waals surface area contributed by atoms with E-state index < -0.39 is 0 Å². The van der Waals surface area contributed by atoms with E-state index in [1.807, 2.05) is 0 Å². The second-order valence-electron chi connectivity index (χ2n) is 5.89. The molecule has 19 heavy (non-hydrogen) atoms. The molecule has 0 radical (unpaired) electrons. The van der Waals surface area contributed by atoms with E-state index in [4.69, 9.17) is 0 Å². The van der Waals surface area contributed by atoms with Crippen LogP contribution in [0.4, 0.5) is 0 Å². The Bertz CT molecular complexity index is 281. The fourth-order valence-corrected chi connectivity index (χ4v) is 3.12. The van der Waals surface area contributed by atoms with Crippen molar-refractivity contribution in [1.82, 2.24) is 20.9 Å². The van der Waals surface area contributed by atoms with Gasteiger partial charge in [-0.25, -0.2) is 0 Å². The highest BCUT2D eigenvalue weighted by Crippen LogP contribution is 2.09. The van der Waals surface area contributed by atoms with Crippen molar-refractivity contribution in [3.8, 4) is 0 Å². The Labute approximate surface area is 116 Å². The van der Waals surface area contributed by atoms with E-state index in [2.05, 4.69) is 34.7 Å². The number of hydrogen-bond donors (Lipinski definition) is 3. The van der Waals surface area contributed by atoms with E-state index >= 15 is 0 Å². The van der Waals surface area contributed by atoms with Gasteiger partial charge in [0.15, 0.2) is 0 Å². The standard InChI is InChI=1S/C14H28N4O/c1-11-9-15-10-12(2)18(11)8-7-17-14(19)13-5-3-4-6-16-13/h11-13,15-16H,3-10H2,1-2H3,(H,17,19)/t11-,12+,13?. The highest BCUT2D eigenvalue weighted by Gasteiger charge is 2.24. The molecule has 0 aromatic carbocycles. The molecule has 3 atom stereocenters. The minimum absolute atomic E-state index is 0.0339. The van der Waals surface area contributed by atoms with Crippen LogP contribution < -0.4 is 16.0 Å². The summed E-state index contributed by atoms with van der Waals surface area (Å²) in [5.74, 6) is 0.176. The van der Waals surface area contributed by atoms with Crippen molar-refractivity contribution in [2.75, 3.05) is 32.7 Å². The fraction of sp³-hybridized carbons (Fsp3) is 0.929. The lowest BCUT2D eigenvalue weighted by Gasteiger charge is -2.39. The van der Waals surface area contributed by atoms with Crippen LogP contribution in [0.2, 0.25) is 0 Å². The van der Waals surface area contributed by atoms with Crippen molar-refractivity contribution in [3.63, 3.8) is 0 Å². The molecule has 0 saturated carbocycles. The van der Waals surface area contributed by atoms with Crippen LogP contribution in [-0.2, 0) is 4.79 Å². The number of piperazine rings is 1. The van der Waals surface area contributed by atoms with Crippen LogP contribution in [0.3, 0.4) is 0 Å². The maximum Gasteiger partial charge on any atom is 0.237 e. The lowest BCUT2D eigenvalue weighted by Crippen LogP contribution is -2.57. The van der Waals surface area contributed by atoms with Crippen molar-refractivity contribution >= 4 is 5.91 Å². The molecule has 5 heteroatoms. The van der Waals surface area contributed by atoms with Gasteiger partial charge in [-0.15, -0.1) is 0 Å². The first kappa shape index (κ1) is 14.8. The van der Waals surface area contributed by atoms with Gasteiger partial charge in [0.05, 0.1) is 6.04 Å². The summed E-state index contributed by atoms with van der Waals surface area (Å²) in [6.07, 6.45) is 3.34. The third-order valence-electron chi connectivity index (χ3n) is 4.31. The average Bonchev–Trinajstić information content (AvgIpc) is 2.43. The predicted molar refractivity (Wildman–Crippen MR) is 77.2 cm³/mol. The largest absolute Gasteiger partial charge is 0.353 e. The summed E-state index contributed by atoms with van der Waals surface area (Å²) in [6, 6.07) is 1.13. The molecule has 5 nitrogen and oxygen atoms in total. The molecule has 0 aromatic rings. The average molecular weight is 268 g/mol. The molecular weight excluding hydrogens is 240 g/mol. The maximum atomic E-state index is 12.0. The zero-order valence-corrected chi connectivity index (χ0v) is 12.2. The molecule has 110 valence electrons. The zero-order valence-electron chi connectivity index (χ0n) is 12.2. The van der Waals surface area contributed by atoms with Gasteiger partial charge < -0.3 is 16.0 Å². The molecule has 0 spiro atoms. The van der Waals surface area contributed by atoms with Crippen molar-refractivity contribution < 1.29 is 4.79 Å². The number of hydrogen-bond acceptors (Lipinski definition) is 4. The summed E-state index contributed by atoms with van der Waals surface area (Å²) in [5, 5.41) is 9.79. The summed E-state index contributed by atoms with van der Waals surface area (Å²) in [5.41, 5.74) is 0. The van der Waals surface area contributed by atoms with E-state index in [0.717, 1.165) is 45.6 Å². The molecule has 2 fully saturated rings. The fourth-order valence-electron chi connectivity index (χ4n) is 3.12. The minimum Gasteiger partial charge on any atom is -0.353 e. The number of nitrogens with one attached hydrogen (secondary N) is 3. The Morgan fingerprint density at radius 1 is 1.26 bits per heavy atom. The zero-order chi connectivity index (χ0) is 13.7. The van der Waals surface area contributed by atoms with Crippen LogP contribution in [0.15, 0.2) is 0 Å². The highest BCUT2D eigenvalue weighted by molar-refractivity contribution is 5.81. The number of nitrogens with zero attached hydrogens (tertiary/aromatic N) is 1. The van der Waals surface area contributed by atoms with Crippen LogP contribution >= 0.6 is 0 Å². The normalized spacial score (nSPS) is 33.1. The van der Waals surface area contributed by atoms with E-state index in [1.165, 1.54) is 6.42 Å². The van der Waals surface area contributed by atoms with Crippen molar-refractivity contribution in [3.05, 3.63) is 0 Å². The Morgan fingerprint density at radius 2 is 2.00 bits per heavy atom. The number of amides is 1. The number of carbonyl (C=O) groups is 1. The summed E-state index contributed by atoms with van der Waals surface area (Å²) >= 11 is 0. The van der Waals surface area contributed by atoms with E-state index in [-0.39, 0.29) is 11.9 Å². The van der Waals surface area contributed by atoms with Crippen molar-refractivity contribution in [2.45, 2.75) is 51.2 Å². The van der Waals surface area contributed by atoms with Gasteiger partial charge in [0, 0.05) is 38.3 Å². The number of piperidine rings is 1. The first-order valence-corrected chi connectivity index (χ1v) is 7.66. The quantitative estimate of drug-likeness (QED) is 0.668. The molecule has 0 bridgehead atoms. The number of carbonyl (C=O) groups excluding carboxylic acids is 1. The molecule has 2 aliphatic heterocycles. The van der Waals surface area contributed by atoms with Crippen molar-refractivity contribution in [1.29, 1.82) is 0 Å². The topological polar surface area (TPSA) is 56.4 Å². The molecule has 2 rings (SSSR count). The molecule has 0 aliphatic carbocycles. The lowest BCUT2D eigenvalue weighted by atomic mass is 10.0. The monoisotopic (exact) mass is 268 g/mol. The molecule has 3 N–H and O–H groups in total. The molecular formula is C14H28N4O. The van der Waals surface area contributed by atoms with Crippen molar-refractivity contribution in [2.24, 2.45) is 0 Å². The van der Waals surface area contributed by atoms with E-state index in [9.17, 15) is 4.79 Å². The maximum absolute atomic E-state index is 12.0. The van der Waals surface area contributed by atoms with Crippen LogP contribution in [-0.4, -0.2) is 61.7 Å². The van der Waals surface area contributed by atoms with Gasteiger partial charge in [-0.2, -0.15) is 0 Å². The molecule has 1 amide bonds. The van der Waals surface area contributed by atoms with Crippen LogP contribution in [0.1, 0.15) is 33.1 Å². The van der Waals surface area contributed by atoms with Crippen LogP contribution in [0.25, 0.3) is 0 Å². The lowest BCUT2D eigenvalue weighted by molar-refractivity contribution is -0.123. The van der Waals surface area contributed by atoms with Crippen LogP contribution in [0.5, 0.6) is 0 Å². The van der Waals surface area contributed by atoms with Gasteiger partial charge in [0.2, 0.25) is 5.91 Å². The Hall–Kier alpha value is -0.650. The van der Waals surface area contributed by atoms with Gasteiger partial charge >= 0.3 is 0 Å². The highest BCUT2D eigenvalue weighted by atomic mass is 16.2. The third-order valence-corrected chi connectivity index (χ3v) is 4.31. The van der Waals surface area contributed by atoms with Crippen LogP contribution in [0, 0.1) is 0 Å². The summed E-state index contributed by atoms with van der Waals surface area (Å²) in [4.78, 5) is 14.5. The molecule has 2 heterocycles. The Morgan fingerprint density at radius 3 is 2.63 bits per heavy atom. The second kappa shape index (κ2) is 7.22. The minimum atomic E-state index is 0.0339. The summed E-state index contributed by atoms with van der Waals surface area (Å²) in [6.45, 7) is 9.25. The Balaban J connectivity index is 1.68. The van der Waals surface area contributed by atoms with Gasteiger partial charge in [0.1, 0.15) is 0 Å². The molecule has 2 saturated heterocycles. The predicted octanol–water partition coefficient (Wildman–Crippen LogP) is -0.0731. The third kappa shape index (κ3) is 4.16. The summed E-state index contributed by atoms with van der Waals surface area (Å²) < 4.78 is 0. The van der Waals surface area contributed by atoms with Gasteiger partial charge in [-0.3, -0.25) is 9.69 Å². The van der Waals surface area contributed by atoms with Gasteiger partial charge in [0.25, 0.3) is 0 Å². The van der Waals surface area contributed by atoms with E-state index in [0.29, 0.717) is 12.1 Å². The molecule has 0 aromatic heterocycles. The smallest absolute Gasteiger partial charge is 0.237 e. The first-order valence-electron chi connectivity index (χ1n) is 7.66. The Kier molecular flexibility index (Phi) is 5.60. The SMILES string of the molecule is C[C@@H]1CNC[C@H](C)N1CCNC(=O)C1CCCCN1. The van der Waals surface area contributed by atoms with E-state index in [1.54, 1.807) is 0 Å². The van der Waals surface area contributed by atoms with Gasteiger partial charge in [-0.1, -0.05) is 6.42 Å². The second-order valence-corrected chi connectivity index (χ2v) is 5.89. The van der Waals surface area contributed by atoms with Gasteiger partial charge in [-0.05, 0) is 33.2 Å². The molecule has 1 unspecified atom stereocenters. The molecule has 2 aliphatic rings. The number of rotatable bonds is 4.